The Bertz CT molecular complexity index is 549. The van der Waals surface area contributed by atoms with Crippen LogP contribution in [0.4, 0.5) is 8.78 Å². The van der Waals surface area contributed by atoms with Crippen LogP contribution in [0.25, 0.3) is 0 Å². The van der Waals surface area contributed by atoms with Crippen LogP contribution < -0.4 is 10.5 Å². The molecule has 0 aliphatic rings. The van der Waals surface area contributed by atoms with Crippen LogP contribution in [-0.2, 0) is 20.1 Å². The van der Waals surface area contributed by atoms with Gasteiger partial charge in [-0.15, -0.1) is 10.2 Å². The summed E-state index contributed by atoms with van der Waals surface area (Å²) in [6, 6.07) is 2.41. The van der Waals surface area contributed by atoms with E-state index in [0.29, 0.717) is 18.5 Å². The van der Waals surface area contributed by atoms with Crippen LogP contribution in [0.1, 0.15) is 11.4 Å². The first-order valence-corrected chi connectivity index (χ1v) is 5.64. The van der Waals surface area contributed by atoms with Crippen LogP contribution in [0.3, 0.4) is 0 Å². The van der Waals surface area contributed by atoms with Gasteiger partial charge in [-0.1, -0.05) is 0 Å². The van der Waals surface area contributed by atoms with Crippen molar-refractivity contribution in [1.29, 1.82) is 0 Å². The molecule has 2 rings (SSSR count). The monoisotopic (exact) mass is 269 g/mol. The average Bonchev–Trinajstić information content (AvgIpc) is 2.74. The Balaban J connectivity index is 2.11. The summed E-state index contributed by atoms with van der Waals surface area (Å²) < 4.78 is 32.4. The minimum absolute atomic E-state index is 0.155. The molecule has 1 aromatic heterocycles. The highest BCUT2D eigenvalue weighted by molar-refractivity contribution is 5.31. The normalized spacial score (nSPS) is 10.7. The van der Waals surface area contributed by atoms with Gasteiger partial charge in [0.25, 0.3) is 0 Å². The average molecular weight is 269 g/mol. The van der Waals surface area contributed by atoms with Gasteiger partial charge in [0.15, 0.2) is 24.0 Å². The lowest BCUT2D eigenvalue weighted by molar-refractivity contribution is 0.265. The van der Waals surface area contributed by atoms with E-state index < -0.39 is 17.4 Å². The van der Waals surface area contributed by atoms with E-state index >= 15 is 0 Å². The molecule has 2 N–H and O–H groups in total. The Hall–Kier alpha value is -2.09. The van der Waals surface area contributed by atoms with E-state index in [1.165, 1.54) is 16.9 Å². The lowest BCUT2D eigenvalue weighted by Crippen LogP contribution is -2.06. The molecule has 0 aliphatic carbocycles. The van der Waals surface area contributed by atoms with Crippen LogP contribution in [0.2, 0.25) is 0 Å². The molecule has 0 saturated carbocycles. The minimum Gasteiger partial charge on any atom is -0.479 e. The maximum Gasteiger partial charge on any atom is 0.212 e. The smallest absolute Gasteiger partial charge is 0.212 e. The van der Waals surface area contributed by atoms with Gasteiger partial charge in [-0.05, 0) is 35.9 Å². The summed E-state index contributed by atoms with van der Waals surface area (Å²) in [5, 5.41) is 11.1. The summed E-state index contributed by atoms with van der Waals surface area (Å²) >= 11 is 0. The molecule has 1 heterocycles. The van der Waals surface area contributed by atoms with Crippen molar-refractivity contribution in [2.24, 2.45) is 12.8 Å². The fraction of sp³-hybridized carbons (Fsp3) is 0.364. The standard InChI is InChI=1S/C11H13F2N5O/c1-18-16-10(15-17-18)6-19-11-8(12)4-7(2-3-14)5-9(11)13/h4-5H,2-3,6,14H2,1H3. The second-order valence-electron chi connectivity index (χ2n) is 3.91. The van der Waals surface area contributed by atoms with E-state index in [1.54, 1.807) is 7.05 Å². The number of hydrogen-bond donors (Lipinski definition) is 1. The molecule has 2 aromatic rings. The lowest BCUT2D eigenvalue weighted by Gasteiger charge is -2.08. The summed E-state index contributed by atoms with van der Waals surface area (Å²) in [4.78, 5) is 1.23. The van der Waals surface area contributed by atoms with Crippen molar-refractivity contribution in [2.45, 2.75) is 13.0 Å². The summed E-state index contributed by atoms with van der Waals surface area (Å²) in [5.74, 6) is -1.75. The van der Waals surface area contributed by atoms with Gasteiger partial charge in [0.1, 0.15) is 0 Å². The molecule has 0 radical (unpaired) electrons. The SMILES string of the molecule is Cn1nnc(COc2c(F)cc(CCN)cc2F)n1. The molecule has 6 nitrogen and oxygen atoms in total. The van der Waals surface area contributed by atoms with E-state index in [9.17, 15) is 8.78 Å². The molecule has 0 atom stereocenters. The molecule has 1 aromatic carbocycles. The molecule has 0 amide bonds. The summed E-state index contributed by atoms with van der Waals surface area (Å²) in [6.07, 6.45) is 0.403. The number of hydrogen-bond acceptors (Lipinski definition) is 5. The van der Waals surface area contributed by atoms with E-state index in [-0.39, 0.29) is 12.4 Å². The van der Waals surface area contributed by atoms with Gasteiger partial charge in [-0.25, -0.2) is 8.78 Å². The Morgan fingerprint density at radius 2 is 2.00 bits per heavy atom. The molecule has 0 spiro atoms. The lowest BCUT2D eigenvalue weighted by atomic mass is 10.1. The third kappa shape index (κ3) is 3.22. The molecule has 102 valence electrons. The number of tetrazole rings is 1. The maximum absolute atomic E-state index is 13.7. The zero-order valence-corrected chi connectivity index (χ0v) is 10.3. The van der Waals surface area contributed by atoms with Crippen molar-refractivity contribution < 1.29 is 13.5 Å². The predicted molar refractivity (Wildman–Crippen MR) is 62.2 cm³/mol. The molecule has 0 fully saturated rings. The number of rotatable bonds is 5. The van der Waals surface area contributed by atoms with Crippen LogP contribution in [0, 0.1) is 11.6 Å². The van der Waals surface area contributed by atoms with Crippen molar-refractivity contribution in [3.05, 3.63) is 35.2 Å². The molecule has 8 heteroatoms. The number of aryl methyl sites for hydroxylation is 1. The largest absolute Gasteiger partial charge is 0.479 e. The molecule has 0 unspecified atom stereocenters. The predicted octanol–water partition coefficient (Wildman–Crippen LogP) is 0.569. The Labute approximate surface area is 108 Å². The van der Waals surface area contributed by atoms with Crippen LogP contribution in [-0.4, -0.2) is 26.8 Å². The van der Waals surface area contributed by atoms with Gasteiger partial charge >= 0.3 is 0 Å². The van der Waals surface area contributed by atoms with Crippen LogP contribution >= 0.6 is 0 Å². The van der Waals surface area contributed by atoms with Crippen molar-refractivity contribution in [2.75, 3.05) is 6.54 Å². The van der Waals surface area contributed by atoms with E-state index in [4.69, 9.17) is 10.5 Å². The Kier molecular flexibility index (Phi) is 4.00. The van der Waals surface area contributed by atoms with E-state index in [1.807, 2.05) is 0 Å². The van der Waals surface area contributed by atoms with E-state index in [0.717, 1.165) is 0 Å². The molecule has 19 heavy (non-hydrogen) atoms. The van der Waals surface area contributed by atoms with Gasteiger partial charge in [-0.2, -0.15) is 4.80 Å². The molecular weight excluding hydrogens is 256 g/mol. The first-order chi connectivity index (χ1) is 9.10. The zero-order chi connectivity index (χ0) is 13.8. The first kappa shape index (κ1) is 13.3. The second-order valence-corrected chi connectivity index (χ2v) is 3.91. The maximum atomic E-state index is 13.7. The van der Waals surface area contributed by atoms with Crippen molar-refractivity contribution in [3.63, 3.8) is 0 Å². The van der Waals surface area contributed by atoms with Crippen LogP contribution in [0.15, 0.2) is 12.1 Å². The molecule has 0 bridgehead atoms. The van der Waals surface area contributed by atoms with Crippen LogP contribution in [0.5, 0.6) is 5.75 Å². The van der Waals surface area contributed by atoms with Crippen molar-refractivity contribution in [3.8, 4) is 5.75 Å². The number of ether oxygens (including phenoxy) is 1. The Morgan fingerprint density at radius 3 is 2.53 bits per heavy atom. The number of nitrogens with two attached hydrogens (primary N) is 1. The molecular formula is C11H13F2N5O. The minimum atomic E-state index is -0.771. The third-order valence-corrected chi connectivity index (χ3v) is 2.39. The van der Waals surface area contributed by atoms with Crippen molar-refractivity contribution >= 4 is 0 Å². The fourth-order valence-electron chi connectivity index (χ4n) is 1.58. The number of halogens is 2. The highest BCUT2D eigenvalue weighted by Crippen LogP contribution is 2.24. The van der Waals surface area contributed by atoms with Crippen molar-refractivity contribution in [1.82, 2.24) is 20.2 Å². The fourth-order valence-corrected chi connectivity index (χ4v) is 1.58. The highest BCUT2D eigenvalue weighted by atomic mass is 19.1. The van der Waals surface area contributed by atoms with Gasteiger partial charge in [0, 0.05) is 0 Å². The Morgan fingerprint density at radius 1 is 1.32 bits per heavy atom. The van der Waals surface area contributed by atoms with Gasteiger partial charge in [0.05, 0.1) is 7.05 Å². The zero-order valence-electron chi connectivity index (χ0n) is 10.3. The quantitative estimate of drug-likeness (QED) is 0.858. The summed E-state index contributed by atoms with van der Waals surface area (Å²) in [5.41, 5.74) is 5.82. The first-order valence-electron chi connectivity index (χ1n) is 5.64. The second kappa shape index (κ2) is 5.70. The number of aromatic nitrogens is 4. The van der Waals surface area contributed by atoms with Gasteiger partial charge in [-0.3, -0.25) is 0 Å². The molecule has 0 aliphatic heterocycles. The van der Waals surface area contributed by atoms with Gasteiger partial charge in [0.2, 0.25) is 5.82 Å². The topological polar surface area (TPSA) is 78.8 Å². The number of benzene rings is 1. The summed E-state index contributed by atoms with van der Waals surface area (Å²) in [6.45, 7) is 0.167. The summed E-state index contributed by atoms with van der Waals surface area (Å²) in [7, 11) is 1.58. The van der Waals surface area contributed by atoms with Gasteiger partial charge < -0.3 is 10.5 Å². The molecule has 0 saturated heterocycles. The third-order valence-electron chi connectivity index (χ3n) is 2.39. The highest BCUT2D eigenvalue weighted by Gasteiger charge is 2.13. The van der Waals surface area contributed by atoms with E-state index in [2.05, 4.69) is 15.4 Å². The number of nitrogens with zero attached hydrogens (tertiary/aromatic N) is 4.